The van der Waals surface area contributed by atoms with Crippen LogP contribution in [0.25, 0.3) is 0 Å². The van der Waals surface area contributed by atoms with Crippen molar-refractivity contribution in [1.29, 1.82) is 0 Å². The SMILES string of the molecule is Nc1ccc(N2CCN(C3CCCC3)CC2)cc1.O=[N+]([O-])c1ccc(N2CCN(C3CCCC3)CC2)cc1.O=[N+]([O-])c1ccc(N2CCNCC2)cc1.S=C=Nc1ccc(N2CCN(C3CCCC3)CC2)cc1. The van der Waals surface area contributed by atoms with E-state index in [1.54, 1.807) is 24.3 Å². The Morgan fingerprint density at radius 2 is 0.740 bits per heavy atom. The first kappa shape index (κ1) is 53.6. The summed E-state index contributed by atoms with van der Waals surface area (Å²) in [5.74, 6) is 0. The minimum Gasteiger partial charge on any atom is -0.399 e. The number of hydrogen-bond acceptors (Lipinski definition) is 15. The van der Waals surface area contributed by atoms with Crippen molar-refractivity contribution in [3.8, 4) is 0 Å². The van der Waals surface area contributed by atoms with Gasteiger partial charge in [0.05, 0.1) is 20.7 Å². The molecular formula is C56H78N12O4S. The fourth-order valence-electron chi connectivity index (χ4n) is 11.8. The van der Waals surface area contributed by atoms with Gasteiger partial charge in [-0.25, -0.2) is 0 Å². The van der Waals surface area contributed by atoms with Gasteiger partial charge in [0.1, 0.15) is 0 Å². The van der Waals surface area contributed by atoms with Crippen LogP contribution in [0.15, 0.2) is 102 Å². The maximum absolute atomic E-state index is 10.7. The summed E-state index contributed by atoms with van der Waals surface area (Å²) in [6.07, 6.45) is 16.8. The molecule has 392 valence electrons. The van der Waals surface area contributed by atoms with Gasteiger partial charge in [-0.3, -0.25) is 34.9 Å². The van der Waals surface area contributed by atoms with Crippen LogP contribution in [0.5, 0.6) is 0 Å². The van der Waals surface area contributed by atoms with Crippen molar-refractivity contribution in [2.24, 2.45) is 4.99 Å². The minimum absolute atomic E-state index is 0.147. The molecule has 3 aliphatic carbocycles. The van der Waals surface area contributed by atoms with Crippen molar-refractivity contribution in [3.05, 3.63) is 117 Å². The van der Waals surface area contributed by atoms with Crippen LogP contribution < -0.4 is 30.7 Å². The molecule has 0 unspecified atom stereocenters. The molecule has 4 saturated heterocycles. The van der Waals surface area contributed by atoms with E-state index < -0.39 is 0 Å². The van der Waals surface area contributed by atoms with Crippen molar-refractivity contribution in [2.45, 2.75) is 95.2 Å². The summed E-state index contributed by atoms with van der Waals surface area (Å²) < 4.78 is 0. The number of nitro benzene ring substituents is 2. The summed E-state index contributed by atoms with van der Waals surface area (Å²) in [6, 6.07) is 32.7. The third-order valence-electron chi connectivity index (χ3n) is 16.1. The first-order chi connectivity index (χ1) is 35.7. The van der Waals surface area contributed by atoms with Crippen molar-refractivity contribution in [1.82, 2.24) is 20.0 Å². The summed E-state index contributed by atoms with van der Waals surface area (Å²) >= 11 is 4.62. The molecule has 4 heterocycles. The van der Waals surface area contributed by atoms with Gasteiger partial charge in [-0.2, -0.15) is 4.99 Å². The standard InChI is InChI=1S/C16H21N3S.C15H21N3O2.C15H23N3.C10H13N3O2/c20-13-17-14-5-7-16(8-6-14)19-11-9-18(10-12-19)15-3-1-2-4-15;19-18(20)15-7-5-14(6-8-15)17-11-9-16(10-12-17)13-3-1-2-4-13;16-13-5-7-15(8-6-13)18-11-9-17(10-12-18)14-3-1-2-4-14;14-13(15)10-3-1-9(2-4-10)12-7-5-11-6-8-12/h5-8,15H,1-4,9-12H2;5-8,13H,1-4,9-12H2;5-8,14H,1-4,9-12,16H2;1-4,11H,5-8H2. The van der Waals surface area contributed by atoms with Crippen LogP contribution in [-0.4, -0.2) is 153 Å². The Labute approximate surface area is 438 Å². The van der Waals surface area contributed by atoms with E-state index in [9.17, 15) is 20.2 Å². The van der Waals surface area contributed by atoms with Crippen LogP contribution in [0, 0.1) is 20.2 Å². The zero-order valence-electron chi connectivity index (χ0n) is 42.9. The van der Waals surface area contributed by atoms with Crippen molar-refractivity contribution < 1.29 is 9.85 Å². The van der Waals surface area contributed by atoms with Crippen molar-refractivity contribution >= 4 is 62.9 Å². The second-order valence-corrected chi connectivity index (χ2v) is 20.7. The predicted octanol–water partition coefficient (Wildman–Crippen LogP) is 9.48. The number of nitrogens with zero attached hydrogens (tertiary/aromatic N) is 10. The normalized spacial score (nSPS) is 20.5. The molecule has 0 aromatic heterocycles. The summed E-state index contributed by atoms with van der Waals surface area (Å²) in [7, 11) is 0. The van der Waals surface area contributed by atoms with Gasteiger partial charge in [-0.1, -0.05) is 38.5 Å². The van der Waals surface area contributed by atoms with Crippen LogP contribution in [0.4, 0.5) is 45.5 Å². The molecule has 7 fully saturated rings. The molecule has 3 N–H and O–H groups in total. The highest BCUT2D eigenvalue weighted by Gasteiger charge is 2.29. The molecule has 0 radical (unpaired) electrons. The molecular weight excluding hydrogens is 937 g/mol. The summed E-state index contributed by atoms with van der Waals surface area (Å²) in [4.78, 5) is 41.9. The van der Waals surface area contributed by atoms with E-state index >= 15 is 0 Å². The molecule has 17 heteroatoms. The first-order valence-electron chi connectivity index (χ1n) is 27.2. The van der Waals surface area contributed by atoms with Crippen LogP contribution in [0.3, 0.4) is 0 Å². The number of benzene rings is 4. The van der Waals surface area contributed by atoms with Crippen LogP contribution in [0.1, 0.15) is 77.0 Å². The Balaban J connectivity index is 0.000000131. The van der Waals surface area contributed by atoms with Crippen LogP contribution >= 0.6 is 12.2 Å². The number of nitro groups is 2. The number of non-ortho nitro benzene ring substituents is 2. The highest BCUT2D eigenvalue weighted by atomic mass is 32.1. The van der Waals surface area contributed by atoms with E-state index in [0.717, 1.165) is 119 Å². The quantitative estimate of drug-likeness (QED) is 0.0509. The number of nitrogens with two attached hydrogens (primary N) is 1. The molecule has 0 spiro atoms. The number of piperazine rings is 4. The number of hydrogen-bond donors (Lipinski definition) is 2. The molecule has 4 aliphatic heterocycles. The Bertz CT molecular complexity index is 2250. The van der Waals surface area contributed by atoms with Crippen LogP contribution in [-0.2, 0) is 0 Å². The fraction of sp³-hybridized carbons (Fsp3) is 0.554. The van der Waals surface area contributed by atoms with Gasteiger partial charge >= 0.3 is 0 Å². The van der Waals surface area contributed by atoms with Gasteiger partial charge in [-0.05, 0) is 124 Å². The minimum atomic E-state index is -0.373. The fourth-order valence-corrected chi connectivity index (χ4v) is 11.9. The third-order valence-corrected chi connectivity index (χ3v) is 16.2. The van der Waals surface area contributed by atoms with Gasteiger partial charge in [0.2, 0.25) is 0 Å². The molecule has 0 bridgehead atoms. The van der Waals surface area contributed by atoms with Crippen molar-refractivity contribution in [2.75, 3.05) is 130 Å². The maximum Gasteiger partial charge on any atom is 0.269 e. The van der Waals surface area contributed by atoms with E-state index in [2.05, 4.69) is 86.3 Å². The molecule has 11 rings (SSSR count). The van der Waals surface area contributed by atoms with E-state index in [0.29, 0.717) is 0 Å². The van der Waals surface area contributed by atoms with Gasteiger partial charge in [0.25, 0.3) is 11.4 Å². The monoisotopic (exact) mass is 1010 g/mol. The number of nitrogen functional groups attached to an aromatic ring is 1. The number of anilines is 5. The third kappa shape index (κ3) is 15.7. The van der Waals surface area contributed by atoms with E-state index in [1.165, 1.54) is 115 Å². The second-order valence-electron chi connectivity index (χ2n) is 20.5. The summed E-state index contributed by atoms with van der Waals surface area (Å²) in [5.41, 5.74) is 12.5. The number of aliphatic imine (C=N–C) groups is 1. The molecule has 4 aromatic rings. The van der Waals surface area contributed by atoms with Gasteiger partial charge < -0.3 is 30.7 Å². The number of isothiocyanates is 1. The lowest BCUT2D eigenvalue weighted by atomic mass is 10.1. The Morgan fingerprint density at radius 1 is 0.452 bits per heavy atom. The lowest BCUT2D eigenvalue weighted by molar-refractivity contribution is -0.385. The van der Waals surface area contributed by atoms with Gasteiger partial charge in [-0.15, -0.1) is 0 Å². The molecule has 4 aromatic carbocycles. The first-order valence-corrected chi connectivity index (χ1v) is 27.6. The largest absolute Gasteiger partial charge is 0.399 e. The van der Waals surface area contributed by atoms with Crippen molar-refractivity contribution in [3.63, 3.8) is 0 Å². The summed E-state index contributed by atoms with van der Waals surface area (Å²) in [5, 5.41) is 26.8. The number of rotatable bonds is 10. The molecule has 16 nitrogen and oxygen atoms in total. The van der Waals surface area contributed by atoms with E-state index in [1.807, 2.05) is 48.5 Å². The topological polar surface area (TPSA) is 159 Å². The predicted molar refractivity (Wildman–Crippen MR) is 301 cm³/mol. The molecule has 0 atom stereocenters. The lowest BCUT2D eigenvalue weighted by Gasteiger charge is -2.39. The van der Waals surface area contributed by atoms with E-state index in [-0.39, 0.29) is 21.2 Å². The Morgan fingerprint density at radius 3 is 1.04 bits per heavy atom. The Kier molecular flexibility index (Phi) is 20.2. The number of thiocarbonyl (C=S) groups is 1. The average molecular weight is 1020 g/mol. The molecule has 0 amide bonds. The lowest BCUT2D eigenvalue weighted by Crippen LogP contribution is -2.49. The Hall–Kier alpha value is -5.68. The molecule has 73 heavy (non-hydrogen) atoms. The highest BCUT2D eigenvalue weighted by Crippen LogP contribution is 2.30. The average Bonchev–Trinajstić information content (AvgIpc) is 4.30. The molecule has 3 saturated carbocycles. The van der Waals surface area contributed by atoms with E-state index in [4.69, 9.17) is 5.73 Å². The summed E-state index contributed by atoms with van der Waals surface area (Å²) in [6.45, 7) is 17.5. The highest BCUT2D eigenvalue weighted by molar-refractivity contribution is 7.78. The molecule has 7 aliphatic rings. The maximum atomic E-state index is 10.7. The van der Waals surface area contributed by atoms with Gasteiger partial charge in [0, 0.05) is 176 Å². The smallest absolute Gasteiger partial charge is 0.269 e. The van der Waals surface area contributed by atoms with Gasteiger partial charge in [0.15, 0.2) is 0 Å². The second kappa shape index (κ2) is 27.6. The number of nitrogens with one attached hydrogen (secondary N) is 1. The zero-order chi connectivity index (χ0) is 50.8. The zero-order valence-corrected chi connectivity index (χ0v) is 43.7. The van der Waals surface area contributed by atoms with Crippen LogP contribution in [0.2, 0.25) is 0 Å².